The molecule has 5 nitrogen and oxygen atoms in total. The van der Waals surface area contributed by atoms with Gasteiger partial charge in [-0.25, -0.2) is 4.39 Å². The lowest BCUT2D eigenvalue weighted by molar-refractivity contribution is -0.136. The maximum absolute atomic E-state index is 13.6. The van der Waals surface area contributed by atoms with Gasteiger partial charge >= 0.3 is 6.18 Å². The fourth-order valence-corrected chi connectivity index (χ4v) is 2.23. The number of nitrogens with zero attached hydrogens (tertiary/aromatic N) is 3. The van der Waals surface area contributed by atoms with Crippen molar-refractivity contribution in [1.29, 1.82) is 0 Å². The van der Waals surface area contributed by atoms with Gasteiger partial charge in [0.2, 0.25) is 5.95 Å². The Bertz CT molecular complexity index is 898. The Morgan fingerprint density at radius 3 is 2.46 bits per heavy atom. The average Bonchev–Trinajstić information content (AvgIpc) is 2.61. The summed E-state index contributed by atoms with van der Waals surface area (Å²) in [6.45, 7) is 0.108. The van der Waals surface area contributed by atoms with Crippen LogP contribution in [0, 0.1) is 5.82 Å². The number of alkyl halides is 3. The molecule has 0 unspecified atom stereocenters. The van der Waals surface area contributed by atoms with E-state index in [1.54, 1.807) is 18.2 Å². The highest BCUT2D eigenvalue weighted by molar-refractivity contribution is 5.61. The summed E-state index contributed by atoms with van der Waals surface area (Å²) in [7, 11) is 0. The lowest BCUT2D eigenvalue weighted by Gasteiger charge is -2.14. The number of nitrogens with one attached hydrogen (secondary N) is 2. The Kier molecular flexibility index (Phi) is 4.97. The molecule has 0 amide bonds. The maximum atomic E-state index is 13.6. The van der Waals surface area contributed by atoms with E-state index in [0.717, 1.165) is 6.07 Å². The molecular formula is C17H13F4N5. The zero-order valence-corrected chi connectivity index (χ0v) is 13.3. The average molecular weight is 363 g/mol. The van der Waals surface area contributed by atoms with Gasteiger partial charge in [0.1, 0.15) is 5.82 Å². The van der Waals surface area contributed by atoms with Gasteiger partial charge in [-0.05, 0) is 18.2 Å². The van der Waals surface area contributed by atoms with Crippen molar-refractivity contribution in [3.05, 3.63) is 71.7 Å². The van der Waals surface area contributed by atoms with E-state index in [2.05, 4.69) is 25.8 Å². The third-order valence-electron chi connectivity index (χ3n) is 3.45. The van der Waals surface area contributed by atoms with E-state index in [-0.39, 0.29) is 29.8 Å². The van der Waals surface area contributed by atoms with Gasteiger partial charge < -0.3 is 10.6 Å². The zero-order valence-electron chi connectivity index (χ0n) is 13.3. The molecule has 0 spiro atoms. The van der Waals surface area contributed by atoms with Crippen molar-refractivity contribution in [1.82, 2.24) is 15.2 Å². The zero-order chi connectivity index (χ0) is 18.6. The molecule has 1 aromatic heterocycles. The van der Waals surface area contributed by atoms with Gasteiger partial charge in [-0.15, -0.1) is 5.10 Å². The van der Waals surface area contributed by atoms with Crippen LogP contribution in [0.4, 0.5) is 35.0 Å². The second-order valence-electron chi connectivity index (χ2n) is 5.28. The summed E-state index contributed by atoms with van der Waals surface area (Å²) in [5, 5.41) is 12.8. The van der Waals surface area contributed by atoms with Gasteiger partial charge in [-0.2, -0.15) is 23.3 Å². The molecule has 134 valence electrons. The quantitative estimate of drug-likeness (QED) is 0.659. The van der Waals surface area contributed by atoms with Crippen molar-refractivity contribution in [2.24, 2.45) is 0 Å². The summed E-state index contributed by atoms with van der Waals surface area (Å²) in [4.78, 5) is 4.05. The van der Waals surface area contributed by atoms with Crippen molar-refractivity contribution in [3.8, 4) is 0 Å². The lowest BCUT2D eigenvalue weighted by atomic mass is 10.1. The molecule has 0 aliphatic heterocycles. The lowest BCUT2D eigenvalue weighted by Crippen LogP contribution is -2.10. The molecule has 9 heteroatoms. The van der Waals surface area contributed by atoms with E-state index in [1.165, 1.54) is 30.5 Å². The second kappa shape index (κ2) is 7.34. The molecule has 0 fully saturated rings. The number of rotatable bonds is 5. The minimum Gasteiger partial charge on any atom is -0.349 e. The normalized spacial score (nSPS) is 11.2. The molecule has 0 saturated heterocycles. The molecule has 1 heterocycles. The molecule has 2 aromatic carbocycles. The van der Waals surface area contributed by atoms with Gasteiger partial charge in [-0.1, -0.05) is 30.3 Å². The molecule has 0 aliphatic carbocycles. The highest BCUT2D eigenvalue weighted by Gasteiger charge is 2.33. The van der Waals surface area contributed by atoms with Crippen LogP contribution in [0.5, 0.6) is 0 Å². The van der Waals surface area contributed by atoms with Crippen molar-refractivity contribution in [2.75, 3.05) is 10.6 Å². The maximum Gasteiger partial charge on any atom is 0.418 e. The predicted octanol–water partition coefficient (Wildman–Crippen LogP) is 4.39. The molecule has 2 N–H and O–H groups in total. The Hall–Kier alpha value is -3.23. The summed E-state index contributed by atoms with van der Waals surface area (Å²) in [6.07, 6.45) is -3.31. The molecule has 0 saturated carbocycles. The second-order valence-corrected chi connectivity index (χ2v) is 5.28. The Morgan fingerprint density at radius 2 is 1.69 bits per heavy atom. The monoisotopic (exact) mass is 363 g/mol. The van der Waals surface area contributed by atoms with Gasteiger partial charge in [0, 0.05) is 12.1 Å². The fourth-order valence-electron chi connectivity index (χ4n) is 2.23. The fraction of sp³-hybridized carbons (Fsp3) is 0.118. The minimum absolute atomic E-state index is 0.0581. The highest BCUT2D eigenvalue weighted by Crippen LogP contribution is 2.35. The number of hydrogen-bond acceptors (Lipinski definition) is 5. The molecule has 0 atom stereocenters. The van der Waals surface area contributed by atoms with Crippen LogP contribution in [-0.4, -0.2) is 15.2 Å². The first-order chi connectivity index (χ1) is 12.4. The first-order valence-corrected chi connectivity index (χ1v) is 7.54. The summed E-state index contributed by atoms with van der Waals surface area (Å²) in [6, 6.07) is 11.2. The highest BCUT2D eigenvalue weighted by atomic mass is 19.4. The van der Waals surface area contributed by atoms with Crippen LogP contribution in [0.3, 0.4) is 0 Å². The number of benzene rings is 2. The molecule has 0 radical (unpaired) electrons. The Labute approximate surface area is 146 Å². The standard InChI is InChI=1S/C17H13F4N5/c18-13-7-3-1-5-11(13)9-22-16-25-15(10-23-26-16)24-14-8-4-2-6-12(14)17(19,20)21/h1-8,10H,9H2,(H2,22,24,25,26). The predicted molar refractivity (Wildman–Crippen MR) is 88.3 cm³/mol. The first-order valence-electron chi connectivity index (χ1n) is 7.54. The van der Waals surface area contributed by atoms with Gasteiger partial charge in [0.15, 0.2) is 5.82 Å². The number of para-hydroxylation sites is 1. The van der Waals surface area contributed by atoms with E-state index in [9.17, 15) is 17.6 Å². The summed E-state index contributed by atoms with van der Waals surface area (Å²) in [5.74, 6) is -0.253. The van der Waals surface area contributed by atoms with Crippen LogP contribution in [0.1, 0.15) is 11.1 Å². The molecule has 0 bridgehead atoms. The van der Waals surface area contributed by atoms with Crippen molar-refractivity contribution in [3.63, 3.8) is 0 Å². The number of hydrogen-bond donors (Lipinski definition) is 2. The molecule has 3 aromatic rings. The largest absolute Gasteiger partial charge is 0.418 e. The molecule has 3 rings (SSSR count). The first kappa shape index (κ1) is 17.6. The van der Waals surface area contributed by atoms with Crippen LogP contribution in [-0.2, 0) is 12.7 Å². The topological polar surface area (TPSA) is 62.7 Å². The minimum atomic E-state index is -4.50. The van der Waals surface area contributed by atoms with Crippen LogP contribution in [0.25, 0.3) is 0 Å². The van der Waals surface area contributed by atoms with Gasteiger partial charge in [-0.3, -0.25) is 0 Å². The van der Waals surface area contributed by atoms with E-state index in [0.29, 0.717) is 5.56 Å². The Morgan fingerprint density at radius 1 is 0.962 bits per heavy atom. The molecule has 0 aliphatic rings. The van der Waals surface area contributed by atoms with Gasteiger partial charge in [0.05, 0.1) is 17.4 Å². The van der Waals surface area contributed by atoms with Crippen molar-refractivity contribution >= 4 is 17.5 Å². The SMILES string of the molecule is Fc1ccccc1CNc1nncc(Nc2ccccc2C(F)(F)F)n1. The molecular weight excluding hydrogens is 350 g/mol. The van der Waals surface area contributed by atoms with Crippen molar-refractivity contribution < 1.29 is 17.6 Å². The van der Waals surface area contributed by atoms with Crippen LogP contribution in [0.15, 0.2) is 54.7 Å². The van der Waals surface area contributed by atoms with Crippen LogP contribution < -0.4 is 10.6 Å². The smallest absolute Gasteiger partial charge is 0.349 e. The summed E-state index contributed by atoms with van der Waals surface area (Å²) < 4.78 is 52.7. The van der Waals surface area contributed by atoms with Crippen LogP contribution >= 0.6 is 0 Å². The Balaban J connectivity index is 1.75. The van der Waals surface area contributed by atoms with E-state index in [4.69, 9.17) is 0 Å². The summed E-state index contributed by atoms with van der Waals surface area (Å²) in [5.41, 5.74) is -0.572. The van der Waals surface area contributed by atoms with Crippen molar-refractivity contribution in [2.45, 2.75) is 12.7 Å². The third-order valence-corrected chi connectivity index (χ3v) is 3.45. The number of halogens is 4. The van der Waals surface area contributed by atoms with Crippen LogP contribution in [0.2, 0.25) is 0 Å². The molecule has 26 heavy (non-hydrogen) atoms. The van der Waals surface area contributed by atoms with E-state index >= 15 is 0 Å². The van der Waals surface area contributed by atoms with Gasteiger partial charge in [0.25, 0.3) is 0 Å². The third kappa shape index (κ3) is 4.24. The number of anilines is 3. The number of aromatic nitrogens is 3. The van der Waals surface area contributed by atoms with E-state index in [1.807, 2.05) is 0 Å². The van der Waals surface area contributed by atoms with E-state index < -0.39 is 11.7 Å². The summed E-state index contributed by atoms with van der Waals surface area (Å²) >= 11 is 0.